The van der Waals surface area contributed by atoms with Crippen LogP contribution in [-0.2, 0) is 11.3 Å². The Labute approximate surface area is 165 Å². The molecule has 0 radical (unpaired) electrons. The molecular weight excluding hydrogens is 358 g/mol. The third-order valence-corrected chi connectivity index (χ3v) is 5.90. The van der Waals surface area contributed by atoms with E-state index in [9.17, 15) is 4.79 Å². The lowest BCUT2D eigenvalue weighted by Gasteiger charge is -2.13. The summed E-state index contributed by atoms with van der Waals surface area (Å²) in [4.78, 5) is 17.4. The van der Waals surface area contributed by atoms with Crippen molar-refractivity contribution >= 4 is 17.2 Å². The highest BCUT2D eigenvalue weighted by atomic mass is 32.1. The second kappa shape index (κ2) is 9.33. The number of aryl methyl sites for hydroxylation is 1. The summed E-state index contributed by atoms with van der Waals surface area (Å²) in [7, 11) is 1.69. The molecule has 27 heavy (non-hydrogen) atoms. The SMILES string of the molecule is COCCn1c(-c2csc(C)n2)cc(C(=O)NCCC2=CCCCC2)c1C. The number of nitrogens with zero attached hydrogens (tertiary/aromatic N) is 2. The number of hydrogen-bond acceptors (Lipinski definition) is 4. The van der Waals surface area contributed by atoms with Crippen LogP contribution < -0.4 is 5.32 Å². The topological polar surface area (TPSA) is 56.2 Å². The largest absolute Gasteiger partial charge is 0.383 e. The van der Waals surface area contributed by atoms with Crippen molar-refractivity contribution in [2.45, 2.75) is 52.5 Å². The number of carbonyl (C=O) groups is 1. The van der Waals surface area contributed by atoms with Crippen molar-refractivity contribution in [3.05, 3.63) is 39.4 Å². The lowest BCUT2D eigenvalue weighted by Crippen LogP contribution is -2.25. The molecule has 0 unspecified atom stereocenters. The lowest BCUT2D eigenvalue weighted by molar-refractivity contribution is 0.0953. The first-order valence-electron chi connectivity index (χ1n) is 9.68. The molecular formula is C21H29N3O2S. The summed E-state index contributed by atoms with van der Waals surface area (Å²) in [5.41, 5.74) is 5.07. The summed E-state index contributed by atoms with van der Waals surface area (Å²) < 4.78 is 7.39. The zero-order valence-corrected chi connectivity index (χ0v) is 17.3. The molecule has 2 aromatic heterocycles. The van der Waals surface area contributed by atoms with Gasteiger partial charge in [-0.1, -0.05) is 11.6 Å². The molecule has 2 aromatic rings. The maximum Gasteiger partial charge on any atom is 0.253 e. The Morgan fingerprint density at radius 2 is 2.22 bits per heavy atom. The molecule has 3 rings (SSSR count). The monoisotopic (exact) mass is 387 g/mol. The van der Waals surface area contributed by atoms with Gasteiger partial charge in [0.1, 0.15) is 0 Å². The number of carbonyl (C=O) groups excluding carboxylic acids is 1. The predicted molar refractivity (Wildman–Crippen MR) is 110 cm³/mol. The van der Waals surface area contributed by atoms with Crippen molar-refractivity contribution < 1.29 is 9.53 Å². The van der Waals surface area contributed by atoms with Crippen molar-refractivity contribution in [2.75, 3.05) is 20.3 Å². The third kappa shape index (κ3) is 4.87. The summed E-state index contributed by atoms with van der Waals surface area (Å²) in [5.74, 6) is -0.00622. The molecule has 1 N–H and O–H groups in total. The van der Waals surface area contributed by atoms with Gasteiger partial charge in [-0.3, -0.25) is 4.79 Å². The minimum absolute atomic E-state index is 0.00622. The lowest BCUT2D eigenvalue weighted by atomic mass is 9.97. The number of aromatic nitrogens is 2. The molecule has 0 saturated heterocycles. The van der Waals surface area contributed by atoms with Crippen molar-refractivity contribution in [3.8, 4) is 11.4 Å². The Morgan fingerprint density at radius 1 is 1.37 bits per heavy atom. The maximum absolute atomic E-state index is 12.8. The van der Waals surface area contributed by atoms with Crippen LogP contribution in [0.2, 0.25) is 0 Å². The highest BCUT2D eigenvalue weighted by Crippen LogP contribution is 2.27. The van der Waals surface area contributed by atoms with E-state index in [1.165, 1.54) is 31.3 Å². The molecule has 0 fully saturated rings. The van der Waals surface area contributed by atoms with Crippen LogP contribution in [-0.4, -0.2) is 35.7 Å². The van der Waals surface area contributed by atoms with E-state index in [1.807, 2.05) is 25.3 Å². The summed E-state index contributed by atoms with van der Waals surface area (Å²) in [6.45, 7) is 5.99. The van der Waals surface area contributed by atoms with Crippen LogP contribution >= 0.6 is 11.3 Å². The molecule has 2 heterocycles. The summed E-state index contributed by atoms with van der Waals surface area (Å²) >= 11 is 1.62. The van der Waals surface area contributed by atoms with Gasteiger partial charge in [-0.05, 0) is 52.0 Å². The van der Waals surface area contributed by atoms with Crippen LogP contribution in [0.4, 0.5) is 0 Å². The molecule has 0 saturated carbocycles. The Balaban J connectivity index is 1.74. The second-order valence-electron chi connectivity index (χ2n) is 7.04. The highest BCUT2D eigenvalue weighted by molar-refractivity contribution is 7.09. The molecule has 1 aliphatic carbocycles. The van der Waals surface area contributed by atoms with Gasteiger partial charge >= 0.3 is 0 Å². The van der Waals surface area contributed by atoms with Crippen LogP contribution in [0, 0.1) is 13.8 Å². The summed E-state index contributed by atoms with van der Waals surface area (Å²) in [6.07, 6.45) is 8.22. The Kier molecular flexibility index (Phi) is 6.85. The quantitative estimate of drug-likeness (QED) is 0.679. The molecule has 6 heteroatoms. The first-order chi connectivity index (χ1) is 13.1. The van der Waals surface area contributed by atoms with Gasteiger partial charge in [-0.2, -0.15) is 0 Å². The van der Waals surface area contributed by atoms with Crippen molar-refractivity contribution in [1.29, 1.82) is 0 Å². The van der Waals surface area contributed by atoms with Crippen LogP contribution in [0.3, 0.4) is 0 Å². The summed E-state index contributed by atoms with van der Waals surface area (Å²) in [6, 6.07) is 1.97. The van der Waals surface area contributed by atoms with E-state index in [0.29, 0.717) is 19.7 Å². The van der Waals surface area contributed by atoms with Gasteiger partial charge in [0.25, 0.3) is 5.91 Å². The molecule has 5 nitrogen and oxygen atoms in total. The number of rotatable bonds is 8. The Hall–Kier alpha value is -1.92. The fourth-order valence-corrected chi connectivity index (χ4v) is 4.21. The third-order valence-electron chi connectivity index (χ3n) is 5.13. The number of hydrogen-bond donors (Lipinski definition) is 1. The zero-order valence-electron chi connectivity index (χ0n) is 16.5. The predicted octanol–water partition coefficient (Wildman–Crippen LogP) is 4.50. The first kappa shape index (κ1) is 19.8. The van der Waals surface area contributed by atoms with Gasteiger partial charge < -0.3 is 14.6 Å². The van der Waals surface area contributed by atoms with Gasteiger partial charge in [0.2, 0.25) is 0 Å². The van der Waals surface area contributed by atoms with E-state index in [4.69, 9.17) is 4.74 Å². The molecule has 1 amide bonds. The van der Waals surface area contributed by atoms with Crippen LogP contribution in [0.25, 0.3) is 11.4 Å². The molecule has 146 valence electrons. The average molecular weight is 388 g/mol. The Morgan fingerprint density at radius 3 is 2.89 bits per heavy atom. The number of methoxy groups -OCH3 is 1. The van der Waals surface area contributed by atoms with E-state index < -0.39 is 0 Å². The number of thiazole rings is 1. The summed E-state index contributed by atoms with van der Waals surface area (Å²) in [5, 5.41) is 6.17. The van der Waals surface area contributed by atoms with Crippen LogP contribution in [0.15, 0.2) is 23.1 Å². The van der Waals surface area contributed by atoms with Crippen molar-refractivity contribution in [3.63, 3.8) is 0 Å². The van der Waals surface area contributed by atoms with E-state index in [-0.39, 0.29) is 5.91 Å². The molecule has 0 aromatic carbocycles. The van der Waals surface area contributed by atoms with Crippen molar-refractivity contribution in [2.24, 2.45) is 0 Å². The Bertz CT molecular complexity index is 820. The molecule has 1 aliphatic rings. The first-order valence-corrected chi connectivity index (χ1v) is 10.6. The standard InChI is InChI=1S/C21H29N3O2S/c1-15-18(21(25)22-10-9-17-7-5-4-6-8-17)13-20(24(15)11-12-26-3)19-14-27-16(2)23-19/h7,13-14H,4-6,8-12H2,1-3H3,(H,22,25). The fraction of sp³-hybridized carbons (Fsp3) is 0.524. The normalized spacial score (nSPS) is 14.3. The van der Waals surface area contributed by atoms with E-state index in [2.05, 4.69) is 20.9 Å². The maximum atomic E-state index is 12.8. The molecule has 0 atom stereocenters. The minimum Gasteiger partial charge on any atom is -0.383 e. The molecule has 0 aliphatic heterocycles. The number of nitrogens with one attached hydrogen (secondary N) is 1. The molecule has 0 bridgehead atoms. The number of allylic oxidation sites excluding steroid dienone is 1. The zero-order chi connectivity index (χ0) is 19.2. The smallest absolute Gasteiger partial charge is 0.253 e. The van der Waals surface area contributed by atoms with Crippen LogP contribution in [0.5, 0.6) is 0 Å². The van der Waals surface area contributed by atoms with E-state index in [0.717, 1.165) is 34.1 Å². The van der Waals surface area contributed by atoms with Gasteiger partial charge in [0, 0.05) is 31.3 Å². The van der Waals surface area contributed by atoms with Crippen LogP contribution in [0.1, 0.15) is 53.2 Å². The number of amides is 1. The molecule has 0 spiro atoms. The number of ether oxygens (including phenoxy) is 1. The minimum atomic E-state index is -0.00622. The fourth-order valence-electron chi connectivity index (χ4n) is 3.60. The van der Waals surface area contributed by atoms with E-state index in [1.54, 1.807) is 18.4 Å². The van der Waals surface area contributed by atoms with E-state index >= 15 is 0 Å². The van der Waals surface area contributed by atoms with Gasteiger partial charge in [-0.15, -0.1) is 11.3 Å². The van der Waals surface area contributed by atoms with Gasteiger partial charge in [0.05, 0.1) is 28.6 Å². The highest BCUT2D eigenvalue weighted by Gasteiger charge is 2.19. The average Bonchev–Trinajstić information content (AvgIpc) is 3.24. The van der Waals surface area contributed by atoms with Gasteiger partial charge in [0.15, 0.2) is 0 Å². The van der Waals surface area contributed by atoms with Crippen molar-refractivity contribution in [1.82, 2.24) is 14.9 Å². The second-order valence-corrected chi connectivity index (χ2v) is 8.10. The van der Waals surface area contributed by atoms with Gasteiger partial charge in [-0.25, -0.2) is 4.98 Å².